The molecule has 1 fully saturated rings. The van der Waals surface area contributed by atoms with Crippen LogP contribution in [0.15, 0.2) is 0 Å². The number of carbonyl (C=O) groups excluding carboxylic acids is 1. The molecule has 1 aromatic rings. The number of aliphatic hydroxyl groups is 1. The third-order valence-electron chi connectivity index (χ3n) is 3.62. The van der Waals surface area contributed by atoms with Crippen LogP contribution in [0.2, 0.25) is 0 Å². The molecule has 1 aromatic heterocycles. The van der Waals surface area contributed by atoms with Gasteiger partial charge in [-0.3, -0.25) is 4.79 Å². The van der Waals surface area contributed by atoms with Gasteiger partial charge >= 0.3 is 0 Å². The standard InChI is InChI=1S/C13H21N3O2S/c1-9(2)11-12(19-15-14-11)13(18)16(7-8-17)10-5-3-4-6-10/h9-10,17H,3-8H2,1-2H3. The maximum Gasteiger partial charge on any atom is 0.267 e. The molecule has 0 unspecified atom stereocenters. The highest BCUT2D eigenvalue weighted by Gasteiger charge is 2.30. The van der Waals surface area contributed by atoms with Gasteiger partial charge in [-0.15, -0.1) is 5.10 Å². The van der Waals surface area contributed by atoms with Gasteiger partial charge in [0.2, 0.25) is 0 Å². The molecule has 6 heteroatoms. The second-order valence-corrected chi connectivity index (χ2v) is 6.06. The normalized spacial score (nSPS) is 16.2. The SMILES string of the molecule is CC(C)c1nnsc1C(=O)N(CCO)C1CCCC1. The molecule has 0 spiro atoms. The molecule has 0 radical (unpaired) electrons. The predicted molar refractivity (Wildman–Crippen MR) is 74.4 cm³/mol. The number of rotatable bonds is 5. The largest absolute Gasteiger partial charge is 0.395 e. The highest BCUT2D eigenvalue weighted by Crippen LogP contribution is 2.27. The molecule has 1 N–H and O–H groups in total. The van der Waals surface area contributed by atoms with Crippen LogP contribution in [0.5, 0.6) is 0 Å². The van der Waals surface area contributed by atoms with E-state index in [0.717, 1.165) is 31.4 Å². The summed E-state index contributed by atoms with van der Waals surface area (Å²) in [6.45, 7) is 4.43. The average Bonchev–Trinajstić information content (AvgIpc) is 3.05. The number of hydrogen-bond donors (Lipinski definition) is 1. The van der Waals surface area contributed by atoms with Crippen molar-refractivity contribution in [1.82, 2.24) is 14.5 Å². The summed E-state index contributed by atoms with van der Waals surface area (Å²) in [5.41, 5.74) is 0.774. The van der Waals surface area contributed by atoms with Gasteiger partial charge < -0.3 is 10.0 Å². The smallest absolute Gasteiger partial charge is 0.267 e. The van der Waals surface area contributed by atoms with E-state index in [1.807, 2.05) is 18.7 Å². The van der Waals surface area contributed by atoms with Crippen LogP contribution in [-0.2, 0) is 0 Å². The Hall–Kier alpha value is -1.01. The van der Waals surface area contributed by atoms with Crippen LogP contribution >= 0.6 is 11.5 Å². The summed E-state index contributed by atoms with van der Waals surface area (Å²) >= 11 is 1.17. The van der Waals surface area contributed by atoms with Gasteiger partial charge in [-0.25, -0.2) is 0 Å². The highest BCUT2D eigenvalue weighted by atomic mass is 32.1. The molecule has 1 amide bonds. The Labute approximate surface area is 117 Å². The lowest BCUT2D eigenvalue weighted by Crippen LogP contribution is -2.40. The van der Waals surface area contributed by atoms with Crippen LogP contribution in [0.25, 0.3) is 0 Å². The molecule has 106 valence electrons. The Balaban J connectivity index is 2.20. The van der Waals surface area contributed by atoms with E-state index in [4.69, 9.17) is 0 Å². The first-order chi connectivity index (χ1) is 9.15. The molecule has 0 aliphatic heterocycles. The average molecular weight is 283 g/mol. The van der Waals surface area contributed by atoms with Gasteiger partial charge in [0, 0.05) is 12.6 Å². The van der Waals surface area contributed by atoms with Crippen molar-refractivity contribution in [2.24, 2.45) is 0 Å². The van der Waals surface area contributed by atoms with Gasteiger partial charge in [0.05, 0.1) is 12.3 Å². The third kappa shape index (κ3) is 3.12. The second-order valence-electron chi connectivity index (χ2n) is 5.30. The molecule has 0 atom stereocenters. The minimum absolute atomic E-state index is 0.00544. The summed E-state index contributed by atoms with van der Waals surface area (Å²) in [7, 11) is 0. The Kier molecular flexibility index (Phi) is 4.87. The molecule has 0 bridgehead atoms. The van der Waals surface area contributed by atoms with E-state index < -0.39 is 0 Å². The summed E-state index contributed by atoms with van der Waals surface area (Å²) < 4.78 is 3.92. The fourth-order valence-electron chi connectivity index (χ4n) is 2.63. The Morgan fingerprint density at radius 2 is 2.16 bits per heavy atom. The van der Waals surface area contributed by atoms with Crippen LogP contribution in [0.4, 0.5) is 0 Å². The van der Waals surface area contributed by atoms with Gasteiger partial charge in [0.15, 0.2) is 0 Å². The summed E-state index contributed by atoms with van der Waals surface area (Å²) in [5, 5.41) is 13.3. The van der Waals surface area contributed by atoms with Gasteiger partial charge in [-0.2, -0.15) is 0 Å². The first kappa shape index (κ1) is 14.4. The number of amides is 1. The maximum absolute atomic E-state index is 12.7. The minimum Gasteiger partial charge on any atom is -0.395 e. The number of hydrogen-bond acceptors (Lipinski definition) is 5. The summed E-state index contributed by atoms with van der Waals surface area (Å²) in [6, 6.07) is 0.266. The van der Waals surface area contributed by atoms with Gasteiger partial charge in [-0.1, -0.05) is 31.2 Å². The fraction of sp³-hybridized carbons (Fsp3) is 0.769. The van der Waals surface area contributed by atoms with Crippen LogP contribution in [0, 0.1) is 0 Å². The highest BCUT2D eigenvalue weighted by molar-refractivity contribution is 7.08. The zero-order chi connectivity index (χ0) is 13.8. The van der Waals surface area contributed by atoms with Crippen molar-refractivity contribution in [3.05, 3.63) is 10.6 Å². The van der Waals surface area contributed by atoms with Crippen LogP contribution < -0.4 is 0 Å². The Bertz CT molecular complexity index is 427. The number of aliphatic hydroxyl groups excluding tert-OH is 1. The lowest BCUT2D eigenvalue weighted by molar-refractivity contribution is 0.0641. The summed E-state index contributed by atoms with van der Waals surface area (Å²) in [4.78, 5) is 15.1. The van der Waals surface area contributed by atoms with Crippen molar-refractivity contribution in [3.63, 3.8) is 0 Å². The van der Waals surface area contributed by atoms with Gasteiger partial charge in [0.25, 0.3) is 5.91 Å². The van der Waals surface area contributed by atoms with Crippen molar-refractivity contribution in [1.29, 1.82) is 0 Å². The minimum atomic E-state index is -0.0142. The van der Waals surface area contributed by atoms with Crippen LogP contribution in [0.3, 0.4) is 0 Å². The lowest BCUT2D eigenvalue weighted by Gasteiger charge is -2.28. The fourth-order valence-corrected chi connectivity index (χ4v) is 3.40. The zero-order valence-corrected chi connectivity index (χ0v) is 12.3. The quantitative estimate of drug-likeness (QED) is 0.898. The van der Waals surface area contributed by atoms with E-state index in [1.165, 1.54) is 11.5 Å². The molecule has 1 aliphatic rings. The van der Waals surface area contributed by atoms with E-state index in [1.54, 1.807) is 0 Å². The van der Waals surface area contributed by atoms with Crippen molar-refractivity contribution < 1.29 is 9.90 Å². The predicted octanol–water partition coefficient (Wildman–Crippen LogP) is 2.04. The number of carbonyl (C=O) groups is 1. The third-order valence-corrected chi connectivity index (χ3v) is 4.35. The Morgan fingerprint density at radius 3 is 2.74 bits per heavy atom. The molecule has 0 saturated heterocycles. The second kappa shape index (κ2) is 6.43. The molecule has 1 aliphatic carbocycles. The first-order valence-corrected chi connectivity index (χ1v) is 7.66. The van der Waals surface area contributed by atoms with Gasteiger partial charge in [0.1, 0.15) is 4.88 Å². The van der Waals surface area contributed by atoms with E-state index in [0.29, 0.717) is 11.4 Å². The molecule has 1 saturated carbocycles. The van der Waals surface area contributed by atoms with Crippen molar-refractivity contribution in [2.75, 3.05) is 13.2 Å². The monoisotopic (exact) mass is 283 g/mol. The molecule has 1 heterocycles. The molecule has 2 rings (SSSR count). The molecular formula is C13H21N3O2S. The Morgan fingerprint density at radius 1 is 1.47 bits per heavy atom. The van der Waals surface area contributed by atoms with Crippen molar-refractivity contribution in [2.45, 2.75) is 51.5 Å². The number of aromatic nitrogens is 2. The van der Waals surface area contributed by atoms with Gasteiger partial charge in [-0.05, 0) is 30.3 Å². The van der Waals surface area contributed by atoms with E-state index in [2.05, 4.69) is 9.59 Å². The molecule has 19 heavy (non-hydrogen) atoms. The van der Waals surface area contributed by atoms with Crippen molar-refractivity contribution in [3.8, 4) is 0 Å². The van der Waals surface area contributed by atoms with E-state index in [-0.39, 0.29) is 24.5 Å². The molecule has 5 nitrogen and oxygen atoms in total. The molecule has 0 aromatic carbocycles. The summed E-state index contributed by atoms with van der Waals surface area (Å²) in [6.07, 6.45) is 4.40. The number of nitrogens with zero attached hydrogens (tertiary/aromatic N) is 3. The van der Waals surface area contributed by atoms with Crippen molar-refractivity contribution >= 4 is 17.4 Å². The zero-order valence-electron chi connectivity index (χ0n) is 11.5. The topological polar surface area (TPSA) is 66.3 Å². The van der Waals surface area contributed by atoms with Crippen LogP contribution in [0.1, 0.15) is 60.8 Å². The van der Waals surface area contributed by atoms with E-state index >= 15 is 0 Å². The van der Waals surface area contributed by atoms with E-state index in [9.17, 15) is 9.90 Å². The maximum atomic E-state index is 12.7. The van der Waals surface area contributed by atoms with Crippen LogP contribution in [-0.4, -0.2) is 44.7 Å². The lowest BCUT2D eigenvalue weighted by atomic mass is 10.1. The summed E-state index contributed by atoms with van der Waals surface area (Å²) in [5.74, 6) is 0.178. The molecular weight excluding hydrogens is 262 g/mol. The first-order valence-electron chi connectivity index (χ1n) is 6.89.